The van der Waals surface area contributed by atoms with Gasteiger partial charge in [0, 0.05) is 22.0 Å². The Morgan fingerprint density at radius 1 is 0.733 bits per heavy atom. The molecule has 0 N–H and O–H groups in total. The quantitative estimate of drug-likeness (QED) is 0.620. The lowest BCUT2D eigenvalue weighted by Crippen LogP contribution is -2.23. The fourth-order valence-corrected chi connectivity index (χ4v) is 7.35. The molecule has 0 aromatic rings. The Kier molecular flexibility index (Phi) is 3.26. The number of fused-ring (bicyclic) bond motifs is 1. The van der Waals surface area contributed by atoms with Crippen molar-refractivity contribution in [2.75, 3.05) is 11.5 Å². The van der Waals surface area contributed by atoms with Crippen LogP contribution in [0.5, 0.6) is 0 Å². The largest absolute Gasteiger partial charge is 0.157 e. The third-order valence-corrected chi connectivity index (χ3v) is 8.23. The van der Waals surface area contributed by atoms with Crippen LogP contribution >= 0.6 is 23.5 Å². The van der Waals surface area contributed by atoms with Crippen molar-refractivity contribution >= 4 is 23.5 Å². The number of hydrogen-bond acceptors (Lipinski definition) is 2. The molecular formula is C13H22S2. The Morgan fingerprint density at radius 3 is 1.80 bits per heavy atom. The maximum absolute atomic E-state index is 2.34. The highest BCUT2D eigenvalue weighted by atomic mass is 32.2. The normalized spacial score (nSPS) is 40.0. The highest BCUT2D eigenvalue weighted by Gasteiger charge is 2.40. The molecule has 0 amide bonds. The van der Waals surface area contributed by atoms with E-state index < -0.39 is 0 Å². The lowest BCUT2D eigenvalue weighted by atomic mass is 9.91. The smallest absolute Gasteiger partial charge is 0.0166 e. The zero-order valence-electron chi connectivity index (χ0n) is 9.54. The minimum Gasteiger partial charge on any atom is -0.157 e. The van der Waals surface area contributed by atoms with E-state index in [9.17, 15) is 0 Å². The number of hydrogen-bond donors (Lipinski definition) is 0. The first-order valence-electron chi connectivity index (χ1n) is 6.61. The third-order valence-electron chi connectivity index (χ3n) is 4.51. The molecule has 15 heavy (non-hydrogen) atoms. The molecule has 0 bridgehead atoms. The van der Waals surface area contributed by atoms with Crippen LogP contribution < -0.4 is 0 Å². The molecule has 0 aromatic carbocycles. The van der Waals surface area contributed by atoms with E-state index in [-0.39, 0.29) is 0 Å². The van der Waals surface area contributed by atoms with Crippen LogP contribution in [-0.2, 0) is 0 Å². The van der Waals surface area contributed by atoms with Gasteiger partial charge in [-0.05, 0) is 31.1 Å². The predicted octanol–water partition coefficient (Wildman–Crippen LogP) is 4.34. The highest BCUT2D eigenvalue weighted by Crippen LogP contribution is 2.50. The molecule has 1 spiro atoms. The minimum atomic E-state index is 0.771. The molecule has 3 rings (SSSR count). The Balaban J connectivity index is 1.68. The summed E-state index contributed by atoms with van der Waals surface area (Å²) < 4.78 is 0. The van der Waals surface area contributed by atoms with Gasteiger partial charge < -0.3 is 0 Å². The molecule has 3 aliphatic rings. The zero-order valence-corrected chi connectivity index (χ0v) is 11.2. The van der Waals surface area contributed by atoms with Crippen LogP contribution in [-0.4, -0.2) is 22.0 Å². The topological polar surface area (TPSA) is 0 Å². The molecule has 86 valence electrons. The maximum Gasteiger partial charge on any atom is 0.0166 e. The summed E-state index contributed by atoms with van der Waals surface area (Å²) in [6.45, 7) is 0. The van der Waals surface area contributed by atoms with Gasteiger partial charge in [-0.25, -0.2) is 0 Å². The van der Waals surface area contributed by atoms with Crippen molar-refractivity contribution in [2.45, 2.75) is 61.9 Å². The fraction of sp³-hybridized carbons (Fsp3) is 1.00. The molecule has 0 unspecified atom stereocenters. The minimum absolute atomic E-state index is 0.771. The predicted molar refractivity (Wildman–Crippen MR) is 71.9 cm³/mol. The molecule has 2 heteroatoms. The average Bonchev–Trinajstić information content (AvgIpc) is 2.65. The van der Waals surface area contributed by atoms with Crippen LogP contribution in [0.15, 0.2) is 0 Å². The van der Waals surface area contributed by atoms with Crippen LogP contribution in [0.25, 0.3) is 0 Å². The molecule has 1 aliphatic heterocycles. The van der Waals surface area contributed by atoms with Crippen LogP contribution in [0.1, 0.15) is 51.4 Å². The first-order valence-corrected chi connectivity index (χ1v) is 8.71. The van der Waals surface area contributed by atoms with Gasteiger partial charge in [-0.2, -0.15) is 23.5 Å². The van der Waals surface area contributed by atoms with Gasteiger partial charge >= 0.3 is 0 Å². The van der Waals surface area contributed by atoms with Crippen LogP contribution in [0.4, 0.5) is 0 Å². The number of thioether (sulfide) groups is 2. The standard InChI is InChI=1S/C13H22S2/c1-2-6-12-11(5-1)14-9-13(10-15-12)7-3-4-8-13/h11-12H,1-10H2/t11-,12-/m0/s1. The van der Waals surface area contributed by atoms with Crippen molar-refractivity contribution < 1.29 is 0 Å². The summed E-state index contributed by atoms with van der Waals surface area (Å²) in [6.07, 6.45) is 12.1. The molecule has 0 radical (unpaired) electrons. The SMILES string of the molecule is C1CC[C@@H]2SCC3(CCCC3)CS[C@H]2C1. The van der Waals surface area contributed by atoms with Crippen molar-refractivity contribution in [2.24, 2.45) is 5.41 Å². The summed E-state index contributed by atoms with van der Waals surface area (Å²) >= 11 is 4.69. The van der Waals surface area contributed by atoms with Gasteiger partial charge in [0.15, 0.2) is 0 Å². The molecule has 3 fully saturated rings. The van der Waals surface area contributed by atoms with E-state index in [1.165, 1.54) is 62.9 Å². The second-order valence-corrected chi connectivity index (χ2v) is 8.15. The molecule has 0 nitrogen and oxygen atoms in total. The van der Waals surface area contributed by atoms with Crippen molar-refractivity contribution in [1.82, 2.24) is 0 Å². The Morgan fingerprint density at radius 2 is 1.27 bits per heavy atom. The summed E-state index contributed by atoms with van der Waals surface area (Å²) in [5.74, 6) is 2.97. The second kappa shape index (κ2) is 4.52. The van der Waals surface area contributed by atoms with E-state index in [4.69, 9.17) is 0 Å². The first kappa shape index (κ1) is 10.8. The lowest BCUT2D eigenvalue weighted by Gasteiger charge is -2.28. The summed E-state index contributed by atoms with van der Waals surface area (Å²) in [5.41, 5.74) is 0.771. The van der Waals surface area contributed by atoms with E-state index >= 15 is 0 Å². The van der Waals surface area contributed by atoms with Crippen molar-refractivity contribution in [1.29, 1.82) is 0 Å². The summed E-state index contributed by atoms with van der Waals surface area (Å²) in [6, 6.07) is 0. The monoisotopic (exact) mass is 242 g/mol. The third kappa shape index (κ3) is 2.22. The van der Waals surface area contributed by atoms with Crippen LogP contribution in [0, 0.1) is 5.41 Å². The van der Waals surface area contributed by atoms with Gasteiger partial charge in [0.25, 0.3) is 0 Å². The molecule has 0 aromatic heterocycles. The highest BCUT2D eigenvalue weighted by molar-refractivity contribution is 8.04. The maximum atomic E-state index is 2.34. The molecular weight excluding hydrogens is 220 g/mol. The molecule has 1 saturated heterocycles. The number of rotatable bonds is 0. The second-order valence-electron chi connectivity index (χ2n) is 5.69. The van der Waals surface area contributed by atoms with Gasteiger partial charge in [-0.3, -0.25) is 0 Å². The van der Waals surface area contributed by atoms with E-state index in [1.807, 2.05) is 0 Å². The van der Waals surface area contributed by atoms with Crippen molar-refractivity contribution in [3.05, 3.63) is 0 Å². The fourth-order valence-electron chi connectivity index (χ4n) is 3.47. The average molecular weight is 242 g/mol. The van der Waals surface area contributed by atoms with Crippen LogP contribution in [0.3, 0.4) is 0 Å². The summed E-state index contributed by atoms with van der Waals surface area (Å²) in [7, 11) is 0. The van der Waals surface area contributed by atoms with Crippen molar-refractivity contribution in [3.8, 4) is 0 Å². The molecule has 2 atom stereocenters. The van der Waals surface area contributed by atoms with E-state index in [0.717, 1.165) is 15.9 Å². The Labute approximate surface area is 102 Å². The first-order chi connectivity index (χ1) is 7.38. The Bertz CT molecular complexity index is 203. The Hall–Kier alpha value is 0.700. The van der Waals surface area contributed by atoms with Crippen molar-refractivity contribution in [3.63, 3.8) is 0 Å². The summed E-state index contributed by atoms with van der Waals surface area (Å²) in [5, 5.41) is 2.03. The van der Waals surface area contributed by atoms with E-state index in [0.29, 0.717) is 0 Å². The van der Waals surface area contributed by atoms with E-state index in [2.05, 4.69) is 23.5 Å². The van der Waals surface area contributed by atoms with Gasteiger partial charge in [-0.1, -0.05) is 25.7 Å². The van der Waals surface area contributed by atoms with Gasteiger partial charge in [-0.15, -0.1) is 0 Å². The van der Waals surface area contributed by atoms with Gasteiger partial charge in [0.2, 0.25) is 0 Å². The zero-order chi connectivity index (χ0) is 10.1. The molecule has 2 aliphatic carbocycles. The van der Waals surface area contributed by atoms with Gasteiger partial charge in [0.05, 0.1) is 0 Å². The lowest BCUT2D eigenvalue weighted by molar-refractivity contribution is 0.403. The summed E-state index contributed by atoms with van der Waals surface area (Å²) in [4.78, 5) is 0. The molecule has 2 saturated carbocycles. The van der Waals surface area contributed by atoms with Gasteiger partial charge in [0.1, 0.15) is 0 Å². The van der Waals surface area contributed by atoms with E-state index in [1.54, 1.807) is 0 Å². The van der Waals surface area contributed by atoms with Crippen LogP contribution in [0.2, 0.25) is 0 Å². The molecule has 1 heterocycles.